The molecule has 0 aliphatic heterocycles. The summed E-state index contributed by atoms with van der Waals surface area (Å²) in [5.74, 6) is -4.96. The first-order valence-electron chi connectivity index (χ1n) is 6.14. The number of carbonyl (C=O) groups excluding carboxylic acids is 1. The zero-order chi connectivity index (χ0) is 15.1. The first-order valence-corrected chi connectivity index (χ1v) is 6.14. The van der Waals surface area contributed by atoms with Crippen molar-refractivity contribution in [1.82, 2.24) is 4.90 Å². The van der Waals surface area contributed by atoms with Crippen molar-refractivity contribution in [1.29, 1.82) is 0 Å². The highest BCUT2D eigenvalue weighted by molar-refractivity contribution is 5.94. The van der Waals surface area contributed by atoms with Crippen molar-refractivity contribution < 1.29 is 22.7 Å². The lowest BCUT2D eigenvalue weighted by atomic mass is 10.1. The number of carbonyl (C=O) groups is 1. The molecule has 0 radical (unpaired) electrons. The largest absolute Gasteiger partial charge is 0.383 e. The molecule has 0 fully saturated rings. The average molecular weight is 290 g/mol. The lowest BCUT2D eigenvalue weighted by Crippen LogP contribution is -2.35. The lowest BCUT2D eigenvalue weighted by molar-refractivity contribution is 0.0693. The Hall–Kier alpha value is -1.60. The van der Waals surface area contributed by atoms with Crippen LogP contribution in [0.15, 0.2) is 12.1 Å². The summed E-state index contributed by atoms with van der Waals surface area (Å²) >= 11 is 0. The molecule has 1 aromatic carbocycles. The predicted octanol–water partition coefficient (Wildman–Crippen LogP) is 1.54. The number of benzene rings is 1. The van der Waals surface area contributed by atoms with Crippen LogP contribution in [0, 0.1) is 17.5 Å². The van der Waals surface area contributed by atoms with Gasteiger partial charge in [-0.25, -0.2) is 13.2 Å². The maximum absolute atomic E-state index is 13.1. The quantitative estimate of drug-likeness (QED) is 0.775. The summed E-state index contributed by atoms with van der Waals surface area (Å²) in [5, 5.41) is 0. The van der Waals surface area contributed by atoms with Gasteiger partial charge in [0, 0.05) is 25.8 Å². The van der Waals surface area contributed by atoms with E-state index >= 15 is 0 Å². The van der Waals surface area contributed by atoms with Crippen LogP contribution in [0.3, 0.4) is 0 Å². The van der Waals surface area contributed by atoms with Gasteiger partial charge in [0.25, 0.3) is 5.91 Å². The predicted molar refractivity (Wildman–Crippen MR) is 67.8 cm³/mol. The van der Waals surface area contributed by atoms with Gasteiger partial charge in [-0.05, 0) is 25.1 Å². The summed E-state index contributed by atoms with van der Waals surface area (Å²) in [5.41, 5.74) is 5.13. The topological polar surface area (TPSA) is 55.6 Å². The van der Waals surface area contributed by atoms with Crippen LogP contribution < -0.4 is 5.73 Å². The monoisotopic (exact) mass is 290 g/mol. The van der Waals surface area contributed by atoms with Gasteiger partial charge in [-0.3, -0.25) is 4.79 Å². The van der Waals surface area contributed by atoms with E-state index in [1.165, 1.54) is 12.0 Å². The standard InChI is InChI=1S/C13H17F3N2O2/c1-20-6-5-18(4-2-3-17)13(19)9-7-10(14)12(16)11(15)8-9/h7-8H,2-6,17H2,1H3. The van der Waals surface area contributed by atoms with E-state index in [1.807, 2.05) is 0 Å². The third-order valence-corrected chi connectivity index (χ3v) is 2.72. The molecule has 0 unspecified atom stereocenters. The van der Waals surface area contributed by atoms with Gasteiger partial charge in [-0.15, -0.1) is 0 Å². The van der Waals surface area contributed by atoms with E-state index in [2.05, 4.69) is 0 Å². The Morgan fingerprint density at radius 3 is 2.35 bits per heavy atom. The molecule has 112 valence electrons. The van der Waals surface area contributed by atoms with E-state index in [0.29, 0.717) is 31.6 Å². The third-order valence-electron chi connectivity index (χ3n) is 2.72. The lowest BCUT2D eigenvalue weighted by Gasteiger charge is -2.22. The summed E-state index contributed by atoms with van der Waals surface area (Å²) in [4.78, 5) is 13.5. The van der Waals surface area contributed by atoms with E-state index in [-0.39, 0.29) is 18.7 Å². The van der Waals surface area contributed by atoms with Gasteiger partial charge < -0.3 is 15.4 Å². The van der Waals surface area contributed by atoms with E-state index in [4.69, 9.17) is 10.5 Å². The van der Waals surface area contributed by atoms with Crippen LogP contribution in [0.25, 0.3) is 0 Å². The molecule has 4 nitrogen and oxygen atoms in total. The molecule has 0 heterocycles. The second-order valence-electron chi connectivity index (χ2n) is 4.18. The van der Waals surface area contributed by atoms with Crippen LogP contribution >= 0.6 is 0 Å². The molecular weight excluding hydrogens is 273 g/mol. The Kier molecular flexibility index (Phi) is 6.47. The van der Waals surface area contributed by atoms with Gasteiger partial charge in [-0.1, -0.05) is 0 Å². The Bertz CT molecular complexity index is 438. The Morgan fingerprint density at radius 1 is 1.25 bits per heavy atom. The molecule has 0 aliphatic carbocycles. The number of hydrogen-bond acceptors (Lipinski definition) is 3. The minimum absolute atomic E-state index is 0.241. The molecule has 2 N–H and O–H groups in total. The Labute approximate surface area is 115 Å². The van der Waals surface area contributed by atoms with Crippen molar-refractivity contribution in [2.24, 2.45) is 5.73 Å². The molecule has 7 heteroatoms. The fourth-order valence-corrected chi connectivity index (χ4v) is 1.66. The molecule has 0 bridgehead atoms. The summed E-state index contributed by atoms with van der Waals surface area (Å²) < 4.78 is 44.0. The average Bonchev–Trinajstić information content (AvgIpc) is 2.43. The number of ether oxygens (including phenoxy) is 1. The minimum Gasteiger partial charge on any atom is -0.383 e. The van der Waals surface area contributed by atoms with Crippen LogP contribution in [0.2, 0.25) is 0 Å². The van der Waals surface area contributed by atoms with Gasteiger partial charge in [0.15, 0.2) is 17.5 Å². The first kappa shape index (κ1) is 16.5. The van der Waals surface area contributed by atoms with Gasteiger partial charge in [0.2, 0.25) is 0 Å². The number of nitrogens with zero attached hydrogens (tertiary/aromatic N) is 1. The summed E-state index contributed by atoms with van der Waals surface area (Å²) in [6.07, 6.45) is 0.543. The first-order chi connectivity index (χ1) is 9.51. The number of amides is 1. The summed E-state index contributed by atoms with van der Waals surface area (Å²) in [6, 6.07) is 1.37. The molecule has 0 saturated carbocycles. The summed E-state index contributed by atoms with van der Waals surface area (Å²) in [6.45, 7) is 1.25. The number of rotatable bonds is 7. The maximum Gasteiger partial charge on any atom is 0.254 e. The number of halogens is 3. The molecule has 0 aromatic heterocycles. The normalized spacial score (nSPS) is 10.7. The maximum atomic E-state index is 13.1. The fourth-order valence-electron chi connectivity index (χ4n) is 1.66. The fraction of sp³-hybridized carbons (Fsp3) is 0.462. The van der Waals surface area contributed by atoms with E-state index in [1.54, 1.807) is 0 Å². The smallest absolute Gasteiger partial charge is 0.254 e. The van der Waals surface area contributed by atoms with Gasteiger partial charge in [0.05, 0.1) is 6.61 Å². The number of methoxy groups -OCH3 is 1. The molecule has 1 aromatic rings. The molecule has 0 saturated heterocycles. The molecule has 0 spiro atoms. The summed E-state index contributed by atoms with van der Waals surface area (Å²) in [7, 11) is 1.48. The molecular formula is C13H17F3N2O2. The van der Waals surface area contributed by atoms with Crippen molar-refractivity contribution in [3.05, 3.63) is 35.1 Å². The van der Waals surface area contributed by atoms with Gasteiger partial charge in [-0.2, -0.15) is 0 Å². The Morgan fingerprint density at radius 2 is 1.85 bits per heavy atom. The van der Waals surface area contributed by atoms with Crippen LogP contribution in [-0.4, -0.2) is 44.2 Å². The van der Waals surface area contributed by atoms with Crippen molar-refractivity contribution in [3.63, 3.8) is 0 Å². The molecule has 1 amide bonds. The molecule has 20 heavy (non-hydrogen) atoms. The second-order valence-corrected chi connectivity index (χ2v) is 4.18. The van der Waals surface area contributed by atoms with Crippen molar-refractivity contribution in [2.75, 3.05) is 33.4 Å². The number of hydrogen-bond donors (Lipinski definition) is 1. The zero-order valence-corrected chi connectivity index (χ0v) is 11.2. The highest BCUT2D eigenvalue weighted by Gasteiger charge is 2.19. The van der Waals surface area contributed by atoms with Crippen LogP contribution in [-0.2, 0) is 4.74 Å². The van der Waals surface area contributed by atoms with Crippen molar-refractivity contribution >= 4 is 5.91 Å². The van der Waals surface area contributed by atoms with E-state index < -0.39 is 23.4 Å². The van der Waals surface area contributed by atoms with Crippen molar-refractivity contribution in [3.8, 4) is 0 Å². The van der Waals surface area contributed by atoms with E-state index in [0.717, 1.165) is 0 Å². The Balaban J connectivity index is 2.92. The van der Waals surface area contributed by atoms with Crippen LogP contribution in [0.5, 0.6) is 0 Å². The SMILES string of the molecule is COCCN(CCCN)C(=O)c1cc(F)c(F)c(F)c1. The third kappa shape index (κ3) is 4.21. The van der Waals surface area contributed by atoms with Gasteiger partial charge in [0.1, 0.15) is 0 Å². The second kappa shape index (κ2) is 7.86. The molecule has 0 aliphatic rings. The van der Waals surface area contributed by atoms with Gasteiger partial charge >= 0.3 is 0 Å². The van der Waals surface area contributed by atoms with Crippen LogP contribution in [0.1, 0.15) is 16.8 Å². The van der Waals surface area contributed by atoms with Crippen LogP contribution in [0.4, 0.5) is 13.2 Å². The zero-order valence-electron chi connectivity index (χ0n) is 11.2. The van der Waals surface area contributed by atoms with Crippen molar-refractivity contribution in [2.45, 2.75) is 6.42 Å². The number of nitrogens with two attached hydrogens (primary N) is 1. The van der Waals surface area contributed by atoms with E-state index in [9.17, 15) is 18.0 Å². The highest BCUT2D eigenvalue weighted by atomic mass is 19.2. The minimum atomic E-state index is -1.59. The highest BCUT2D eigenvalue weighted by Crippen LogP contribution is 2.15. The molecule has 0 atom stereocenters. The molecule has 1 rings (SSSR count).